The predicted molar refractivity (Wildman–Crippen MR) is 62.3 cm³/mol. The number of hydrogen-bond acceptors (Lipinski definition) is 3. The summed E-state index contributed by atoms with van der Waals surface area (Å²) in [6, 6.07) is -1.18. The Balaban J connectivity index is 2.23. The third-order valence-corrected chi connectivity index (χ3v) is 4.02. The van der Waals surface area contributed by atoms with Crippen LogP contribution in [0.15, 0.2) is 0 Å². The SMILES string of the molecule is C[C@H](N)C(=O)N1C2CCCCC2C[C@H]1C(=O)O. The summed E-state index contributed by atoms with van der Waals surface area (Å²) in [4.78, 5) is 24.9. The largest absolute Gasteiger partial charge is 0.480 e. The lowest BCUT2D eigenvalue weighted by molar-refractivity contribution is -0.150. The molecule has 0 aromatic carbocycles. The van der Waals surface area contributed by atoms with E-state index < -0.39 is 18.1 Å². The maximum absolute atomic E-state index is 12.1. The van der Waals surface area contributed by atoms with Crippen molar-refractivity contribution in [3.63, 3.8) is 0 Å². The maximum Gasteiger partial charge on any atom is 0.326 e. The molecule has 17 heavy (non-hydrogen) atoms. The second kappa shape index (κ2) is 4.64. The van der Waals surface area contributed by atoms with Crippen molar-refractivity contribution in [2.45, 2.75) is 57.2 Å². The Labute approximate surface area is 101 Å². The number of carbonyl (C=O) groups is 2. The Hall–Kier alpha value is -1.10. The van der Waals surface area contributed by atoms with E-state index in [0.29, 0.717) is 12.3 Å². The van der Waals surface area contributed by atoms with Crippen LogP contribution in [-0.4, -0.2) is 40.0 Å². The highest BCUT2D eigenvalue weighted by molar-refractivity contribution is 5.87. The summed E-state index contributed by atoms with van der Waals surface area (Å²) in [5.41, 5.74) is 5.62. The van der Waals surface area contributed by atoms with Gasteiger partial charge in [0, 0.05) is 6.04 Å². The van der Waals surface area contributed by atoms with Gasteiger partial charge in [-0.05, 0) is 32.1 Å². The first-order chi connectivity index (χ1) is 8.02. The van der Waals surface area contributed by atoms with Crippen molar-refractivity contribution < 1.29 is 14.7 Å². The van der Waals surface area contributed by atoms with Gasteiger partial charge in [-0.2, -0.15) is 0 Å². The molecule has 2 unspecified atom stereocenters. The van der Waals surface area contributed by atoms with E-state index in [-0.39, 0.29) is 11.9 Å². The molecule has 5 heteroatoms. The Morgan fingerprint density at radius 3 is 2.59 bits per heavy atom. The van der Waals surface area contributed by atoms with Crippen LogP contribution in [0.25, 0.3) is 0 Å². The summed E-state index contributed by atoms with van der Waals surface area (Å²) in [5, 5.41) is 9.23. The molecule has 1 aliphatic heterocycles. The number of aliphatic carboxylic acids is 1. The first kappa shape index (κ1) is 12.4. The molecular weight excluding hydrogens is 220 g/mol. The zero-order valence-electron chi connectivity index (χ0n) is 10.1. The number of carboxylic acids is 1. The number of likely N-dealkylation sites (tertiary alicyclic amines) is 1. The van der Waals surface area contributed by atoms with Crippen molar-refractivity contribution in [1.29, 1.82) is 0 Å². The Morgan fingerprint density at radius 2 is 2.00 bits per heavy atom. The van der Waals surface area contributed by atoms with Crippen LogP contribution in [0.1, 0.15) is 39.0 Å². The standard InChI is InChI=1S/C12H20N2O3/c1-7(13)11(15)14-9-5-3-2-4-8(9)6-10(14)12(16)17/h7-10H,2-6,13H2,1H3,(H,16,17)/t7-,8?,9?,10-/m0/s1. The second-order valence-electron chi connectivity index (χ2n) is 5.24. The highest BCUT2D eigenvalue weighted by Gasteiger charge is 2.47. The molecule has 4 atom stereocenters. The smallest absolute Gasteiger partial charge is 0.326 e. The van der Waals surface area contributed by atoms with Crippen molar-refractivity contribution >= 4 is 11.9 Å². The van der Waals surface area contributed by atoms with Crippen LogP contribution in [0.2, 0.25) is 0 Å². The molecule has 2 rings (SSSR count). The minimum absolute atomic E-state index is 0.100. The molecule has 1 saturated heterocycles. The van der Waals surface area contributed by atoms with E-state index >= 15 is 0 Å². The number of nitrogens with two attached hydrogens (primary N) is 1. The van der Waals surface area contributed by atoms with Gasteiger partial charge in [0.05, 0.1) is 6.04 Å². The lowest BCUT2D eigenvalue weighted by Gasteiger charge is -2.33. The average Bonchev–Trinajstić information content (AvgIpc) is 2.67. The van der Waals surface area contributed by atoms with Gasteiger partial charge in [0.25, 0.3) is 0 Å². The molecule has 1 amide bonds. The fourth-order valence-electron chi connectivity index (χ4n) is 3.23. The van der Waals surface area contributed by atoms with Gasteiger partial charge in [0.15, 0.2) is 0 Å². The van der Waals surface area contributed by atoms with Crippen LogP contribution >= 0.6 is 0 Å². The normalized spacial score (nSPS) is 34.2. The molecule has 1 aliphatic carbocycles. The van der Waals surface area contributed by atoms with Crippen molar-refractivity contribution in [2.75, 3.05) is 0 Å². The number of fused-ring (bicyclic) bond motifs is 1. The third-order valence-electron chi connectivity index (χ3n) is 4.02. The molecule has 96 valence electrons. The number of carbonyl (C=O) groups excluding carboxylic acids is 1. The highest BCUT2D eigenvalue weighted by atomic mass is 16.4. The van der Waals surface area contributed by atoms with E-state index in [9.17, 15) is 14.7 Å². The van der Waals surface area contributed by atoms with Gasteiger partial charge in [0.2, 0.25) is 5.91 Å². The molecule has 5 nitrogen and oxygen atoms in total. The van der Waals surface area contributed by atoms with Gasteiger partial charge in [-0.25, -0.2) is 4.79 Å². The molecule has 1 heterocycles. The first-order valence-electron chi connectivity index (χ1n) is 6.33. The maximum atomic E-state index is 12.1. The number of hydrogen-bond donors (Lipinski definition) is 2. The lowest BCUT2D eigenvalue weighted by atomic mass is 9.84. The summed E-state index contributed by atoms with van der Waals surface area (Å²) >= 11 is 0. The quantitative estimate of drug-likeness (QED) is 0.739. The predicted octanol–water partition coefficient (Wildman–Crippen LogP) is 0.578. The van der Waals surface area contributed by atoms with Crippen molar-refractivity contribution in [2.24, 2.45) is 11.7 Å². The van der Waals surface area contributed by atoms with E-state index in [1.807, 2.05) is 0 Å². The van der Waals surface area contributed by atoms with Crippen LogP contribution in [0.5, 0.6) is 0 Å². The summed E-state index contributed by atoms with van der Waals surface area (Å²) in [6.07, 6.45) is 4.78. The van der Waals surface area contributed by atoms with E-state index in [2.05, 4.69) is 0 Å². The van der Waals surface area contributed by atoms with Crippen LogP contribution in [0.4, 0.5) is 0 Å². The molecular formula is C12H20N2O3. The van der Waals surface area contributed by atoms with Crippen LogP contribution in [0.3, 0.4) is 0 Å². The lowest BCUT2D eigenvalue weighted by Crippen LogP contribution is -2.51. The number of rotatable bonds is 2. The van der Waals surface area contributed by atoms with Gasteiger partial charge in [-0.1, -0.05) is 12.8 Å². The monoisotopic (exact) mass is 240 g/mol. The Kier molecular flexibility index (Phi) is 3.38. The minimum Gasteiger partial charge on any atom is -0.480 e. The first-order valence-corrected chi connectivity index (χ1v) is 6.33. The van der Waals surface area contributed by atoms with Crippen molar-refractivity contribution in [3.05, 3.63) is 0 Å². The number of nitrogens with zero attached hydrogens (tertiary/aromatic N) is 1. The van der Waals surface area contributed by atoms with Crippen molar-refractivity contribution in [1.82, 2.24) is 4.90 Å². The topological polar surface area (TPSA) is 83.6 Å². The molecule has 0 aromatic rings. The van der Waals surface area contributed by atoms with Crippen molar-refractivity contribution in [3.8, 4) is 0 Å². The van der Waals surface area contributed by atoms with Crippen LogP contribution in [-0.2, 0) is 9.59 Å². The summed E-state index contributed by atoms with van der Waals surface area (Å²) < 4.78 is 0. The van der Waals surface area contributed by atoms with Crippen LogP contribution < -0.4 is 5.73 Å². The molecule has 0 spiro atoms. The van der Waals surface area contributed by atoms with E-state index in [1.54, 1.807) is 11.8 Å². The molecule has 2 fully saturated rings. The Bertz CT molecular complexity index is 330. The van der Waals surface area contributed by atoms with Crippen LogP contribution in [0, 0.1) is 5.92 Å². The fraction of sp³-hybridized carbons (Fsp3) is 0.833. The fourth-order valence-corrected chi connectivity index (χ4v) is 3.23. The number of carboxylic acid groups (broad SMARTS) is 1. The van der Waals surface area contributed by atoms with E-state index in [4.69, 9.17) is 5.73 Å². The summed E-state index contributed by atoms with van der Waals surface area (Å²) in [5.74, 6) is -0.757. The van der Waals surface area contributed by atoms with Gasteiger partial charge in [-0.15, -0.1) is 0 Å². The zero-order chi connectivity index (χ0) is 12.6. The van der Waals surface area contributed by atoms with Gasteiger partial charge < -0.3 is 15.7 Å². The summed E-state index contributed by atoms with van der Waals surface area (Å²) in [7, 11) is 0. The molecule has 0 aromatic heterocycles. The van der Waals surface area contributed by atoms with Gasteiger partial charge in [0.1, 0.15) is 6.04 Å². The molecule has 3 N–H and O–H groups in total. The van der Waals surface area contributed by atoms with Gasteiger partial charge in [-0.3, -0.25) is 4.79 Å². The van der Waals surface area contributed by atoms with E-state index in [1.165, 1.54) is 0 Å². The second-order valence-corrected chi connectivity index (χ2v) is 5.24. The molecule has 0 bridgehead atoms. The number of amides is 1. The minimum atomic E-state index is -0.895. The zero-order valence-corrected chi connectivity index (χ0v) is 10.1. The average molecular weight is 240 g/mol. The third kappa shape index (κ3) is 2.16. The van der Waals surface area contributed by atoms with E-state index in [0.717, 1.165) is 25.7 Å². The molecule has 1 saturated carbocycles. The molecule has 0 radical (unpaired) electrons. The Morgan fingerprint density at radius 1 is 1.35 bits per heavy atom. The van der Waals surface area contributed by atoms with Gasteiger partial charge >= 0.3 is 5.97 Å². The molecule has 2 aliphatic rings. The summed E-state index contributed by atoms with van der Waals surface area (Å²) in [6.45, 7) is 1.62. The highest BCUT2D eigenvalue weighted by Crippen LogP contribution is 2.39.